The largest absolute Gasteiger partial charge is 0.476 e. The molecule has 5 nitrogen and oxygen atoms in total. The summed E-state index contributed by atoms with van der Waals surface area (Å²) in [6.07, 6.45) is 1.46. The molecule has 0 spiro atoms. The van der Waals surface area contributed by atoms with Gasteiger partial charge in [-0.15, -0.1) is 0 Å². The van der Waals surface area contributed by atoms with Gasteiger partial charge in [0.05, 0.1) is 5.69 Å². The van der Waals surface area contributed by atoms with E-state index in [0.29, 0.717) is 0 Å². The molecule has 5 heteroatoms. The topological polar surface area (TPSA) is 72.2 Å². The first-order valence-electron chi connectivity index (χ1n) is 5.40. The second-order valence-electron chi connectivity index (χ2n) is 4.05. The molecule has 0 aliphatic heterocycles. The third-order valence-corrected chi connectivity index (χ3v) is 2.77. The monoisotopic (exact) mass is 244 g/mol. The Balaban J connectivity index is 2.57. The lowest BCUT2D eigenvalue weighted by atomic mass is 10.1. The number of rotatable bonds is 2. The van der Waals surface area contributed by atoms with Crippen LogP contribution in [-0.2, 0) is 0 Å². The van der Waals surface area contributed by atoms with Gasteiger partial charge in [0.1, 0.15) is 0 Å². The molecule has 0 unspecified atom stereocenters. The van der Waals surface area contributed by atoms with E-state index < -0.39 is 17.1 Å². The Labute approximate surface area is 103 Å². The van der Waals surface area contributed by atoms with E-state index in [2.05, 4.69) is 5.10 Å². The second-order valence-corrected chi connectivity index (χ2v) is 4.05. The van der Waals surface area contributed by atoms with Crippen LogP contribution < -0.4 is 5.43 Å². The Morgan fingerprint density at radius 1 is 1.22 bits per heavy atom. The number of benzene rings is 1. The lowest BCUT2D eigenvalue weighted by Gasteiger charge is -2.08. The highest BCUT2D eigenvalue weighted by molar-refractivity contribution is 5.84. The third kappa shape index (κ3) is 2.15. The normalized spacial score (nSPS) is 10.3. The molecule has 2 aromatic rings. The number of carboxylic acids is 1. The highest BCUT2D eigenvalue weighted by Crippen LogP contribution is 2.12. The second kappa shape index (κ2) is 4.44. The lowest BCUT2D eigenvalue weighted by Crippen LogP contribution is -2.20. The molecule has 0 saturated heterocycles. The van der Waals surface area contributed by atoms with Crippen molar-refractivity contribution in [2.24, 2.45) is 0 Å². The van der Waals surface area contributed by atoms with Gasteiger partial charge in [0.25, 0.3) is 0 Å². The quantitative estimate of drug-likeness (QED) is 0.869. The number of aromatic carboxylic acids is 1. The maximum Gasteiger partial charge on any atom is 0.360 e. The van der Waals surface area contributed by atoms with Crippen LogP contribution in [0.25, 0.3) is 5.69 Å². The first-order chi connectivity index (χ1) is 8.49. The number of hydrogen-bond donors (Lipinski definition) is 1. The minimum Gasteiger partial charge on any atom is -0.476 e. The van der Waals surface area contributed by atoms with Crippen LogP contribution in [-0.4, -0.2) is 20.9 Å². The highest BCUT2D eigenvalue weighted by atomic mass is 16.4. The molecule has 0 atom stereocenters. The zero-order valence-electron chi connectivity index (χ0n) is 10.0. The molecule has 92 valence electrons. The first kappa shape index (κ1) is 12.0. The van der Waals surface area contributed by atoms with Gasteiger partial charge in [-0.1, -0.05) is 6.07 Å². The van der Waals surface area contributed by atoms with E-state index in [1.54, 1.807) is 0 Å². The van der Waals surface area contributed by atoms with Crippen LogP contribution in [0.2, 0.25) is 0 Å². The van der Waals surface area contributed by atoms with Gasteiger partial charge in [-0.05, 0) is 37.1 Å². The van der Waals surface area contributed by atoms with Crippen LogP contribution in [0, 0.1) is 13.8 Å². The van der Waals surface area contributed by atoms with Crippen molar-refractivity contribution in [1.82, 2.24) is 9.78 Å². The van der Waals surface area contributed by atoms with Gasteiger partial charge in [0, 0.05) is 12.3 Å². The zero-order chi connectivity index (χ0) is 13.3. The predicted molar refractivity (Wildman–Crippen MR) is 66.3 cm³/mol. The molecule has 0 radical (unpaired) electrons. The Kier molecular flexibility index (Phi) is 2.97. The SMILES string of the molecule is Cc1ccc(-n2ccc(=O)c(C(=O)O)n2)cc1C. The smallest absolute Gasteiger partial charge is 0.360 e. The number of carbonyl (C=O) groups is 1. The Morgan fingerprint density at radius 2 is 1.94 bits per heavy atom. The van der Waals surface area contributed by atoms with E-state index in [1.165, 1.54) is 16.9 Å². The van der Waals surface area contributed by atoms with Gasteiger partial charge in [-0.25, -0.2) is 9.48 Å². The van der Waals surface area contributed by atoms with Crippen LogP contribution in [0.3, 0.4) is 0 Å². The van der Waals surface area contributed by atoms with E-state index in [-0.39, 0.29) is 0 Å². The fraction of sp³-hybridized carbons (Fsp3) is 0.154. The Morgan fingerprint density at radius 3 is 2.56 bits per heavy atom. The van der Waals surface area contributed by atoms with Crippen LogP contribution >= 0.6 is 0 Å². The van der Waals surface area contributed by atoms with Gasteiger partial charge in [0.15, 0.2) is 0 Å². The van der Waals surface area contributed by atoms with Gasteiger partial charge in [-0.3, -0.25) is 4.79 Å². The molecular weight excluding hydrogens is 232 g/mol. The molecule has 18 heavy (non-hydrogen) atoms. The van der Waals surface area contributed by atoms with Crippen LogP contribution in [0.4, 0.5) is 0 Å². The summed E-state index contributed by atoms with van der Waals surface area (Å²) in [6.45, 7) is 3.94. The summed E-state index contributed by atoms with van der Waals surface area (Å²) in [6, 6.07) is 6.83. The van der Waals surface area contributed by atoms with Crippen molar-refractivity contribution in [1.29, 1.82) is 0 Å². The number of hydrogen-bond acceptors (Lipinski definition) is 3. The minimum atomic E-state index is -1.32. The maximum atomic E-state index is 11.3. The third-order valence-electron chi connectivity index (χ3n) is 2.77. The molecule has 1 heterocycles. The van der Waals surface area contributed by atoms with E-state index >= 15 is 0 Å². The van der Waals surface area contributed by atoms with Crippen LogP contribution in [0.15, 0.2) is 35.3 Å². The highest BCUT2D eigenvalue weighted by Gasteiger charge is 2.11. The summed E-state index contributed by atoms with van der Waals surface area (Å²) in [5.74, 6) is -1.32. The first-order valence-corrected chi connectivity index (χ1v) is 5.40. The van der Waals surface area contributed by atoms with Crippen molar-refractivity contribution in [2.45, 2.75) is 13.8 Å². The van der Waals surface area contributed by atoms with Crippen LogP contribution in [0.1, 0.15) is 21.6 Å². The van der Waals surface area contributed by atoms with Crippen molar-refractivity contribution < 1.29 is 9.90 Å². The average Bonchev–Trinajstić information content (AvgIpc) is 2.33. The standard InChI is InChI=1S/C13H12N2O3/c1-8-3-4-10(7-9(8)2)15-6-5-11(16)12(14-15)13(17)18/h3-7H,1-2H3,(H,17,18). The maximum absolute atomic E-state index is 11.3. The van der Waals surface area contributed by atoms with Crippen molar-refractivity contribution in [2.75, 3.05) is 0 Å². The molecule has 1 N–H and O–H groups in total. The fourth-order valence-electron chi connectivity index (χ4n) is 1.57. The number of aryl methyl sites for hydroxylation is 2. The van der Waals surface area contributed by atoms with E-state index in [9.17, 15) is 9.59 Å². The predicted octanol–water partition coefficient (Wildman–Crippen LogP) is 1.55. The van der Waals surface area contributed by atoms with E-state index in [1.807, 2.05) is 32.0 Å². The molecule has 1 aromatic carbocycles. The molecule has 0 aliphatic rings. The van der Waals surface area contributed by atoms with Crippen molar-refractivity contribution in [3.63, 3.8) is 0 Å². The van der Waals surface area contributed by atoms with Gasteiger partial charge >= 0.3 is 5.97 Å². The van der Waals surface area contributed by atoms with Gasteiger partial charge < -0.3 is 5.11 Å². The van der Waals surface area contributed by atoms with E-state index in [0.717, 1.165) is 16.8 Å². The lowest BCUT2D eigenvalue weighted by molar-refractivity contribution is 0.0687. The molecule has 0 bridgehead atoms. The zero-order valence-corrected chi connectivity index (χ0v) is 10.0. The summed E-state index contributed by atoms with van der Waals surface area (Å²) in [4.78, 5) is 22.2. The minimum absolute atomic E-state index is 0.476. The molecule has 2 rings (SSSR count). The van der Waals surface area contributed by atoms with Crippen molar-refractivity contribution in [3.8, 4) is 5.69 Å². The summed E-state index contributed by atoms with van der Waals surface area (Å²) in [7, 11) is 0. The van der Waals surface area contributed by atoms with Crippen molar-refractivity contribution >= 4 is 5.97 Å². The summed E-state index contributed by atoms with van der Waals surface area (Å²) in [5.41, 5.74) is 1.86. The molecule has 0 amide bonds. The molecular formula is C13H12N2O3. The number of aromatic nitrogens is 2. The van der Waals surface area contributed by atoms with Gasteiger partial charge in [0.2, 0.25) is 11.1 Å². The van der Waals surface area contributed by atoms with E-state index in [4.69, 9.17) is 5.11 Å². The van der Waals surface area contributed by atoms with Crippen LogP contribution in [0.5, 0.6) is 0 Å². The molecule has 0 aliphatic carbocycles. The summed E-state index contributed by atoms with van der Waals surface area (Å²) >= 11 is 0. The molecule has 0 fully saturated rings. The number of carboxylic acid groups (broad SMARTS) is 1. The molecule has 0 saturated carbocycles. The average molecular weight is 244 g/mol. The Bertz CT molecular complexity index is 674. The van der Waals surface area contributed by atoms with Gasteiger partial charge in [-0.2, -0.15) is 5.10 Å². The fourth-order valence-corrected chi connectivity index (χ4v) is 1.57. The summed E-state index contributed by atoms with van der Waals surface area (Å²) < 4.78 is 1.39. The Hall–Kier alpha value is -2.43. The number of nitrogens with zero attached hydrogens (tertiary/aromatic N) is 2. The van der Waals surface area contributed by atoms with Crippen molar-refractivity contribution in [3.05, 3.63) is 57.5 Å². The molecule has 1 aromatic heterocycles. The summed E-state index contributed by atoms with van der Waals surface area (Å²) in [5, 5.41) is 12.7.